The first kappa shape index (κ1) is 10.9. The zero-order valence-electron chi connectivity index (χ0n) is 9.51. The minimum Gasteiger partial charge on any atom is -0.413 e. The Morgan fingerprint density at radius 2 is 1.94 bits per heavy atom. The summed E-state index contributed by atoms with van der Waals surface area (Å²) >= 11 is 1.23. The summed E-state index contributed by atoms with van der Waals surface area (Å²) in [5, 5.41) is 0.354. The van der Waals surface area contributed by atoms with Gasteiger partial charge in [0.1, 0.15) is 16.0 Å². The number of nitrogen functional groups attached to an aromatic ring is 1. The van der Waals surface area contributed by atoms with Gasteiger partial charge < -0.3 is 10.5 Å². The van der Waals surface area contributed by atoms with E-state index in [1.54, 1.807) is 0 Å². The van der Waals surface area contributed by atoms with Crippen LogP contribution in [0.3, 0.4) is 0 Å². The third kappa shape index (κ3) is 1.67. The van der Waals surface area contributed by atoms with Crippen molar-refractivity contribution in [2.24, 2.45) is 0 Å². The third-order valence-electron chi connectivity index (χ3n) is 2.44. The number of carbonyl (C=O) groups is 1. The molecule has 1 aromatic carbocycles. The van der Waals surface area contributed by atoms with E-state index in [2.05, 4.69) is 9.97 Å². The van der Waals surface area contributed by atoms with Crippen LogP contribution in [0.4, 0.5) is 5.69 Å². The monoisotopic (exact) mass is 259 g/mol. The number of anilines is 1. The van der Waals surface area contributed by atoms with Crippen LogP contribution in [0.5, 0.6) is 5.06 Å². The molecule has 3 aromatic rings. The molecule has 2 N–H and O–H groups in total. The molecule has 0 aliphatic heterocycles. The first-order chi connectivity index (χ1) is 8.65. The number of benzene rings is 1. The first-order valence-electron chi connectivity index (χ1n) is 5.28. The molecule has 0 fully saturated rings. The average molecular weight is 259 g/mol. The highest BCUT2D eigenvalue weighted by Gasteiger charge is 2.15. The third-order valence-corrected chi connectivity index (χ3v) is 3.41. The lowest BCUT2D eigenvalue weighted by atomic mass is 10.3. The number of nitrogens with zero attached hydrogens (tertiary/aromatic N) is 2. The second kappa shape index (κ2) is 3.92. The van der Waals surface area contributed by atoms with E-state index in [9.17, 15) is 4.79 Å². The smallest absolute Gasteiger partial charge is 0.308 e. The normalized spacial score (nSPS) is 10.9. The number of hydrogen-bond acceptors (Lipinski definition) is 6. The summed E-state index contributed by atoms with van der Waals surface area (Å²) in [5.74, 6) is -0.405. The number of thiophene rings is 1. The lowest BCUT2D eigenvalue weighted by Crippen LogP contribution is -2.01. The summed E-state index contributed by atoms with van der Waals surface area (Å²) < 4.78 is 5.03. The van der Waals surface area contributed by atoms with Gasteiger partial charge in [-0.15, -0.1) is 0 Å². The standard InChI is InChI=1S/C12H9N3O2S/c1-6(16)17-12-9(13)10-11(18-12)15-8-5-3-2-4-7(8)14-10/h2-5H,13H2,1H3. The Morgan fingerprint density at radius 3 is 2.61 bits per heavy atom. The highest BCUT2D eigenvalue weighted by molar-refractivity contribution is 7.21. The molecule has 0 aliphatic carbocycles. The van der Waals surface area contributed by atoms with Gasteiger partial charge in [0.05, 0.1) is 11.0 Å². The maximum atomic E-state index is 11.0. The average Bonchev–Trinajstić information content (AvgIpc) is 2.63. The van der Waals surface area contributed by atoms with Gasteiger partial charge in [0.2, 0.25) is 5.06 Å². The van der Waals surface area contributed by atoms with Crippen LogP contribution in [0.15, 0.2) is 24.3 Å². The van der Waals surface area contributed by atoms with Crippen LogP contribution in [-0.4, -0.2) is 15.9 Å². The molecular formula is C12H9N3O2S. The summed E-state index contributed by atoms with van der Waals surface area (Å²) in [6, 6.07) is 7.53. The van der Waals surface area contributed by atoms with Gasteiger partial charge >= 0.3 is 5.97 Å². The van der Waals surface area contributed by atoms with Gasteiger partial charge in [-0.3, -0.25) is 4.79 Å². The van der Waals surface area contributed by atoms with Crippen molar-refractivity contribution in [2.75, 3.05) is 5.73 Å². The molecule has 0 saturated heterocycles. The fourth-order valence-corrected chi connectivity index (χ4v) is 2.61. The first-order valence-corrected chi connectivity index (χ1v) is 6.10. The predicted octanol–water partition coefficient (Wildman–Crippen LogP) is 2.35. The van der Waals surface area contributed by atoms with E-state index < -0.39 is 5.97 Å². The van der Waals surface area contributed by atoms with Crippen molar-refractivity contribution in [3.8, 4) is 5.06 Å². The van der Waals surface area contributed by atoms with E-state index in [1.165, 1.54) is 18.3 Å². The maximum Gasteiger partial charge on any atom is 0.308 e. The predicted molar refractivity (Wildman–Crippen MR) is 70.6 cm³/mol. The van der Waals surface area contributed by atoms with Crippen LogP contribution in [0.1, 0.15) is 6.92 Å². The number of nitrogens with two attached hydrogens (primary N) is 1. The Morgan fingerprint density at radius 1 is 1.28 bits per heavy atom. The van der Waals surface area contributed by atoms with Gasteiger partial charge in [-0.2, -0.15) is 0 Å². The van der Waals surface area contributed by atoms with Crippen LogP contribution < -0.4 is 10.5 Å². The van der Waals surface area contributed by atoms with Gasteiger partial charge in [0.15, 0.2) is 0 Å². The second-order valence-electron chi connectivity index (χ2n) is 3.76. The molecule has 2 aromatic heterocycles. The van der Waals surface area contributed by atoms with Crippen LogP contribution in [-0.2, 0) is 4.79 Å². The quantitative estimate of drug-likeness (QED) is 0.679. The molecule has 0 atom stereocenters. The minimum absolute atomic E-state index is 0.354. The van der Waals surface area contributed by atoms with Crippen molar-refractivity contribution < 1.29 is 9.53 Å². The lowest BCUT2D eigenvalue weighted by Gasteiger charge is -1.97. The minimum atomic E-state index is -0.405. The zero-order chi connectivity index (χ0) is 12.7. The zero-order valence-corrected chi connectivity index (χ0v) is 10.3. The Hall–Kier alpha value is -2.21. The molecule has 6 heteroatoms. The highest BCUT2D eigenvalue weighted by atomic mass is 32.1. The fraction of sp³-hybridized carbons (Fsp3) is 0.0833. The van der Waals surface area contributed by atoms with E-state index in [-0.39, 0.29) is 0 Å². The van der Waals surface area contributed by atoms with Gasteiger partial charge in [-0.25, -0.2) is 9.97 Å². The molecule has 3 rings (SSSR count). The van der Waals surface area contributed by atoms with E-state index in [4.69, 9.17) is 10.5 Å². The fourth-order valence-electron chi connectivity index (χ4n) is 1.68. The molecule has 90 valence electrons. The largest absolute Gasteiger partial charge is 0.413 e. The molecule has 0 spiro atoms. The van der Waals surface area contributed by atoms with E-state index in [1.807, 2.05) is 24.3 Å². The number of esters is 1. The number of carbonyl (C=O) groups excluding carboxylic acids is 1. The van der Waals surface area contributed by atoms with Crippen LogP contribution in [0.25, 0.3) is 21.4 Å². The molecule has 0 aliphatic rings. The Kier molecular flexibility index (Phi) is 2.38. The van der Waals surface area contributed by atoms with E-state index in [0.717, 1.165) is 11.0 Å². The van der Waals surface area contributed by atoms with E-state index >= 15 is 0 Å². The van der Waals surface area contributed by atoms with Crippen molar-refractivity contribution in [1.29, 1.82) is 0 Å². The second-order valence-corrected chi connectivity index (χ2v) is 4.72. The molecule has 0 saturated carbocycles. The number of hydrogen-bond donors (Lipinski definition) is 1. The van der Waals surface area contributed by atoms with Gasteiger partial charge in [-0.1, -0.05) is 23.5 Å². The molecule has 5 nitrogen and oxygen atoms in total. The van der Waals surface area contributed by atoms with E-state index in [0.29, 0.717) is 21.1 Å². The van der Waals surface area contributed by atoms with Crippen LogP contribution >= 0.6 is 11.3 Å². The topological polar surface area (TPSA) is 78.1 Å². The summed E-state index contributed by atoms with van der Waals surface area (Å²) in [6.07, 6.45) is 0. The SMILES string of the molecule is CC(=O)Oc1sc2nc3ccccc3nc2c1N. The Bertz CT molecular complexity index is 766. The summed E-state index contributed by atoms with van der Waals surface area (Å²) in [5.41, 5.74) is 8.41. The number of aromatic nitrogens is 2. The van der Waals surface area contributed by atoms with Gasteiger partial charge in [-0.05, 0) is 12.1 Å². The van der Waals surface area contributed by atoms with Crippen LogP contribution in [0.2, 0.25) is 0 Å². The molecule has 0 amide bonds. The number of ether oxygens (including phenoxy) is 1. The van der Waals surface area contributed by atoms with Gasteiger partial charge in [0, 0.05) is 6.92 Å². The molecular weight excluding hydrogens is 250 g/mol. The molecule has 18 heavy (non-hydrogen) atoms. The maximum absolute atomic E-state index is 11.0. The Labute approximate surface area is 106 Å². The highest BCUT2D eigenvalue weighted by Crippen LogP contribution is 2.38. The van der Waals surface area contributed by atoms with Crippen molar-refractivity contribution in [1.82, 2.24) is 9.97 Å². The van der Waals surface area contributed by atoms with Crippen LogP contribution in [0, 0.1) is 0 Å². The molecule has 2 heterocycles. The number of rotatable bonds is 1. The molecule has 0 radical (unpaired) electrons. The lowest BCUT2D eigenvalue weighted by molar-refractivity contribution is -0.131. The number of fused-ring (bicyclic) bond motifs is 2. The van der Waals surface area contributed by atoms with Crippen molar-refractivity contribution in [2.45, 2.75) is 6.92 Å². The summed E-state index contributed by atoms with van der Waals surface area (Å²) in [4.78, 5) is 20.5. The Balaban J connectivity index is 2.29. The van der Waals surface area contributed by atoms with Crippen molar-refractivity contribution >= 4 is 44.4 Å². The summed E-state index contributed by atoms with van der Waals surface area (Å²) in [6.45, 7) is 1.33. The molecule has 0 unspecified atom stereocenters. The van der Waals surface area contributed by atoms with Gasteiger partial charge in [0.25, 0.3) is 0 Å². The molecule has 0 bridgehead atoms. The summed E-state index contributed by atoms with van der Waals surface area (Å²) in [7, 11) is 0. The van der Waals surface area contributed by atoms with Crippen molar-refractivity contribution in [3.63, 3.8) is 0 Å². The van der Waals surface area contributed by atoms with Crippen molar-refractivity contribution in [3.05, 3.63) is 24.3 Å². The number of para-hydroxylation sites is 2.